The van der Waals surface area contributed by atoms with Crippen LogP contribution in [-0.4, -0.2) is 23.2 Å². The first-order valence-corrected chi connectivity index (χ1v) is 7.07. The molecule has 0 atom stereocenters. The van der Waals surface area contributed by atoms with Gasteiger partial charge in [0.05, 0.1) is 15.8 Å². The van der Waals surface area contributed by atoms with Gasteiger partial charge in [-0.2, -0.15) is 5.26 Å². The number of thiazole rings is 1. The third kappa shape index (κ3) is 2.69. The Balaban J connectivity index is 2.03. The predicted octanol–water partition coefficient (Wildman–Crippen LogP) is 3.58. The number of nitriles is 1. The Morgan fingerprint density at radius 1 is 1.33 bits per heavy atom. The number of benzene rings is 1. The van der Waals surface area contributed by atoms with E-state index < -0.39 is 6.67 Å². The zero-order valence-corrected chi connectivity index (χ0v) is 11.7. The van der Waals surface area contributed by atoms with Crippen LogP contribution in [0.25, 0.3) is 20.8 Å². The normalized spacial score (nSPS) is 10.5. The molecule has 0 unspecified atom stereocenters. The minimum Gasteiger partial charge on any atom is -0.491 e. The molecule has 2 heterocycles. The molecule has 3 aromatic rings. The fourth-order valence-corrected chi connectivity index (χ4v) is 2.97. The Labute approximate surface area is 124 Å². The first kappa shape index (κ1) is 13.5. The lowest BCUT2D eigenvalue weighted by atomic mass is 10.2. The first-order valence-electron chi connectivity index (χ1n) is 6.25. The number of hydrogen-bond donors (Lipinski definition) is 0. The minimum atomic E-state index is -0.519. The van der Waals surface area contributed by atoms with Crippen molar-refractivity contribution in [1.29, 1.82) is 5.26 Å². The third-order valence-corrected chi connectivity index (χ3v) is 3.93. The molecule has 4 nitrogen and oxygen atoms in total. The molecule has 0 N–H and O–H groups in total. The van der Waals surface area contributed by atoms with Gasteiger partial charge in [-0.1, -0.05) is 0 Å². The number of nitrogens with zero attached hydrogens (tertiary/aromatic N) is 3. The van der Waals surface area contributed by atoms with Crippen LogP contribution in [0.15, 0.2) is 36.7 Å². The van der Waals surface area contributed by atoms with Crippen LogP contribution in [0.1, 0.15) is 5.56 Å². The Kier molecular flexibility index (Phi) is 3.75. The maximum absolute atomic E-state index is 12.1. The summed E-state index contributed by atoms with van der Waals surface area (Å²) in [6, 6.07) is 9.32. The number of halogens is 1. The summed E-state index contributed by atoms with van der Waals surface area (Å²) in [5.41, 5.74) is 2.08. The quantitative estimate of drug-likeness (QED) is 0.739. The Morgan fingerprint density at radius 2 is 2.24 bits per heavy atom. The molecule has 0 saturated heterocycles. The largest absolute Gasteiger partial charge is 0.491 e. The van der Waals surface area contributed by atoms with E-state index in [4.69, 9.17) is 10.00 Å². The van der Waals surface area contributed by atoms with Crippen LogP contribution in [0.3, 0.4) is 0 Å². The topological polar surface area (TPSA) is 58.8 Å². The molecule has 1 aromatic carbocycles. The second-order valence-electron chi connectivity index (χ2n) is 4.22. The van der Waals surface area contributed by atoms with E-state index in [-0.39, 0.29) is 6.61 Å². The maximum atomic E-state index is 12.1. The number of pyridine rings is 1. The summed E-state index contributed by atoms with van der Waals surface area (Å²) < 4.78 is 18.3. The molecule has 0 fully saturated rings. The lowest BCUT2D eigenvalue weighted by Crippen LogP contribution is -1.97. The Hall–Kier alpha value is -2.52. The van der Waals surface area contributed by atoms with Crippen molar-refractivity contribution in [2.45, 2.75) is 0 Å². The lowest BCUT2D eigenvalue weighted by molar-refractivity contribution is 0.273. The van der Waals surface area contributed by atoms with Crippen LogP contribution in [0.5, 0.6) is 5.75 Å². The van der Waals surface area contributed by atoms with E-state index in [0.29, 0.717) is 11.3 Å². The first-order chi connectivity index (χ1) is 10.3. The van der Waals surface area contributed by atoms with Gasteiger partial charge in [0.2, 0.25) is 0 Å². The summed E-state index contributed by atoms with van der Waals surface area (Å²) in [6.45, 7) is -0.478. The summed E-state index contributed by atoms with van der Waals surface area (Å²) in [6.07, 6.45) is 3.16. The van der Waals surface area contributed by atoms with Gasteiger partial charge in [-0.25, -0.2) is 9.37 Å². The van der Waals surface area contributed by atoms with Gasteiger partial charge >= 0.3 is 0 Å². The molecule has 6 heteroatoms. The monoisotopic (exact) mass is 299 g/mol. The zero-order valence-electron chi connectivity index (χ0n) is 10.9. The highest BCUT2D eigenvalue weighted by atomic mass is 32.1. The second kappa shape index (κ2) is 5.85. The summed E-state index contributed by atoms with van der Waals surface area (Å²) in [4.78, 5) is 8.47. The van der Waals surface area contributed by atoms with Crippen molar-refractivity contribution < 1.29 is 9.13 Å². The second-order valence-corrected chi connectivity index (χ2v) is 5.25. The lowest BCUT2D eigenvalue weighted by Gasteiger charge is -2.01. The molecule has 21 heavy (non-hydrogen) atoms. The van der Waals surface area contributed by atoms with Crippen LogP contribution >= 0.6 is 11.3 Å². The Morgan fingerprint density at radius 3 is 3.05 bits per heavy atom. The van der Waals surface area contributed by atoms with Gasteiger partial charge in [-0.15, -0.1) is 11.3 Å². The molecular formula is C15H10FN3OS. The van der Waals surface area contributed by atoms with Crippen LogP contribution in [0.4, 0.5) is 4.39 Å². The fraction of sp³-hybridized carbons (Fsp3) is 0.133. The van der Waals surface area contributed by atoms with E-state index in [2.05, 4.69) is 16.0 Å². The van der Waals surface area contributed by atoms with Crippen molar-refractivity contribution >= 4 is 21.6 Å². The molecule has 104 valence electrons. The standard InChI is InChI=1S/C15H10FN3OS/c16-4-6-20-11-1-2-13-14(7-11)21-15(19-13)12-3-5-18-9-10(12)8-17/h1-3,5,7,9H,4,6H2. The van der Waals surface area contributed by atoms with Gasteiger partial charge < -0.3 is 4.74 Å². The van der Waals surface area contributed by atoms with Crippen molar-refractivity contribution in [2.24, 2.45) is 0 Å². The Bertz CT molecular complexity index is 825. The van der Waals surface area contributed by atoms with E-state index in [1.54, 1.807) is 18.3 Å². The molecule has 2 aromatic heterocycles. The van der Waals surface area contributed by atoms with Gasteiger partial charge in [0.15, 0.2) is 0 Å². The van der Waals surface area contributed by atoms with Gasteiger partial charge in [-0.05, 0) is 24.3 Å². The van der Waals surface area contributed by atoms with Crippen molar-refractivity contribution in [1.82, 2.24) is 9.97 Å². The summed E-state index contributed by atoms with van der Waals surface area (Å²) in [5.74, 6) is 0.616. The molecule has 3 rings (SSSR count). The molecular weight excluding hydrogens is 289 g/mol. The number of fused-ring (bicyclic) bond motifs is 1. The maximum Gasteiger partial charge on any atom is 0.126 e. The molecule has 0 saturated carbocycles. The molecule has 0 amide bonds. The summed E-state index contributed by atoms with van der Waals surface area (Å²) in [5, 5.41) is 9.88. The highest BCUT2D eigenvalue weighted by Gasteiger charge is 2.11. The average Bonchev–Trinajstić information content (AvgIpc) is 2.95. The fourth-order valence-electron chi connectivity index (χ4n) is 1.94. The molecule has 0 aliphatic rings. The molecule has 0 radical (unpaired) electrons. The zero-order chi connectivity index (χ0) is 14.7. The molecule has 0 bridgehead atoms. The van der Waals surface area contributed by atoms with E-state index in [9.17, 15) is 4.39 Å². The van der Waals surface area contributed by atoms with Crippen LogP contribution in [0.2, 0.25) is 0 Å². The number of rotatable bonds is 4. The highest BCUT2D eigenvalue weighted by molar-refractivity contribution is 7.21. The van der Waals surface area contributed by atoms with Gasteiger partial charge in [0.25, 0.3) is 0 Å². The molecule has 0 spiro atoms. The van der Waals surface area contributed by atoms with Crippen molar-refractivity contribution in [3.8, 4) is 22.4 Å². The van der Waals surface area contributed by atoms with E-state index in [1.165, 1.54) is 17.5 Å². The van der Waals surface area contributed by atoms with Crippen LogP contribution < -0.4 is 4.74 Å². The number of hydrogen-bond acceptors (Lipinski definition) is 5. The molecule has 0 aliphatic heterocycles. The third-order valence-electron chi connectivity index (χ3n) is 2.88. The number of alkyl halides is 1. The van der Waals surface area contributed by atoms with Crippen LogP contribution in [0, 0.1) is 11.3 Å². The van der Waals surface area contributed by atoms with Crippen molar-refractivity contribution in [2.75, 3.05) is 13.3 Å². The summed E-state index contributed by atoms with van der Waals surface area (Å²) in [7, 11) is 0. The highest BCUT2D eigenvalue weighted by Crippen LogP contribution is 2.33. The van der Waals surface area contributed by atoms with Crippen molar-refractivity contribution in [3.63, 3.8) is 0 Å². The van der Waals surface area contributed by atoms with Gasteiger partial charge in [0, 0.05) is 18.0 Å². The van der Waals surface area contributed by atoms with E-state index in [0.717, 1.165) is 20.8 Å². The van der Waals surface area contributed by atoms with Crippen LogP contribution in [-0.2, 0) is 0 Å². The number of aromatic nitrogens is 2. The SMILES string of the molecule is N#Cc1cnccc1-c1nc2ccc(OCCF)cc2s1. The number of ether oxygens (including phenoxy) is 1. The van der Waals surface area contributed by atoms with E-state index >= 15 is 0 Å². The predicted molar refractivity (Wildman–Crippen MR) is 79.0 cm³/mol. The van der Waals surface area contributed by atoms with Gasteiger partial charge in [-0.3, -0.25) is 4.98 Å². The average molecular weight is 299 g/mol. The summed E-state index contributed by atoms with van der Waals surface area (Å²) >= 11 is 1.46. The smallest absolute Gasteiger partial charge is 0.126 e. The minimum absolute atomic E-state index is 0.0418. The van der Waals surface area contributed by atoms with Gasteiger partial charge in [0.1, 0.15) is 30.1 Å². The van der Waals surface area contributed by atoms with Crippen molar-refractivity contribution in [3.05, 3.63) is 42.2 Å². The molecule has 0 aliphatic carbocycles. The van der Waals surface area contributed by atoms with E-state index in [1.807, 2.05) is 12.1 Å².